The van der Waals surface area contributed by atoms with Gasteiger partial charge in [0.15, 0.2) is 0 Å². The zero-order valence-corrected chi connectivity index (χ0v) is 17.3. The number of benzene rings is 2. The molecule has 0 unspecified atom stereocenters. The number of carboxylic acid groups (broad SMARTS) is 1. The highest BCUT2D eigenvalue weighted by Gasteiger charge is 2.22. The van der Waals surface area contributed by atoms with Crippen LogP contribution in [-0.4, -0.2) is 16.1 Å². The molecule has 0 radical (unpaired) electrons. The van der Waals surface area contributed by atoms with E-state index in [0.717, 1.165) is 41.8 Å². The second-order valence-electron chi connectivity index (χ2n) is 7.74. The van der Waals surface area contributed by atoms with Gasteiger partial charge in [0.25, 0.3) is 0 Å². The number of hydrogen-bond donors (Lipinski definition) is 1. The molecule has 4 rings (SSSR count). The highest BCUT2D eigenvalue weighted by atomic mass is 16.5. The number of carbonyl (C=O) groups is 1. The molecule has 0 amide bonds. The number of aryl methyl sites for hydroxylation is 2. The maximum absolute atomic E-state index is 11.3. The second-order valence-corrected chi connectivity index (χ2v) is 7.74. The standard InChI is InChI=1S/C26H25NO3/c1-17-13-14-19(18(2)15-17)16-30-25-12-4-3-7-22(25)20-8-5-9-21(20)23-10-6-11-24(27-23)26(28)29/h3-4,6-7,10-15H,5,8-9,16H2,1-2H3,(H,28,29). The Kier molecular flexibility index (Phi) is 5.66. The zero-order chi connectivity index (χ0) is 21.1. The normalized spacial score (nSPS) is 13.5. The lowest BCUT2D eigenvalue weighted by Gasteiger charge is -2.15. The summed E-state index contributed by atoms with van der Waals surface area (Å²) < 4.78 is 6.25. The van der Waals surface area contributed by atoms with Crippen molar-refractivity contribution in [2.45, 2.75) is 39.7 Å². The molecule has 3 aromatic rings. The lowest BCUT2D eigenvalue weighted by atomic mass is 9.99. The number of hydrogen-bond acceptors (Lipinski definition) is 3. The summed E-state index contributed by atoms with van der Waals surface area (Å²) >= 11 is 0. The number of aromatic nitrogens is 1. The van der Waals surface area contributed by atoms with Crippen molar-refractivity contribution in [2.24, 2.45) is 0 Å². The Hall–Kier alpha value is -3.40. The van der Waals surface area contributed by atoms with Gasteiger partial charge in [-0.2, -0.15) is 0 Å². The first-order chi connectivity index (χ1) is 14.5. The van der Waals surface area contributed by atoms with Crippen molar-refractivity contribution in [3.05, 3.63) is 94.3 Å². The van der Waals surface area contributed by atoms with Crippen LogP contribution in [-0.2, 0) is 6.61 Å². The lowest BCUT2D eigenvalue weighted by molar-refractivity contribution is 0.0690. The van der Waals surface area contributed by atoms with Crippen LogP contribution in [0, 0.1) is 13.8 Å². The van der Waals surface area contributed by atoms with Gasteiger partial charge in [-0.05, 0) is 73.6 Å². The van der Waals surface area contributed by atoms with E-state index < -0.39 is 5.97 Å². The van der Waals surface area contributed by atoms with Crippen LogP contribution in [0.3, 0.4) is 0 Å². The molecule has 1 aliphatic rings. The van der Waals surface area contributed by atoms with Crippen LogP contribution < -0.4 is 4.74 Å². The molecule has 0 spiro atoms. The minimum atomic E-state index is -1.01. The van der Waals surface area contributed by atoms with Crippen LogP contribution in [0.5, 0.6) is 5.75 Å². The fourth-order valence-corrected chi connectivity index (χ4v) is 4.05. The molecule has 1 N–H and O–H groups in total. The summed E-state index contributed by atoms with van der Waals surface area (Å²) in [5, 5.41) is 9.30. The molecule has 0 aliphatic heterocycles. The number of rotatable bonds is 6. The molecule has 0 fully saturated rings. The molecule has 1 aliphatic carbocycles. The summed E-state index contributed by atoms with van der Waals surface area (Å²) in [7, 11) is 0. The predicted octanol–water partition coefficient (Wildman–Crippen LogP) is 6.07. The Labute approximate surface area is 176 Å². The third kappa shape index (κ3) is 4.13. The average molecular weight is 399 g/mol. The fourth-order valence-electron chi connectivity index (χ4n) is 4.05. The van der Waals surface area contributed by atoms with E-state index in [2.05, 4.69) is 43.1 Å². The lowest BCUT2D eigenvalue weighted by Crippen LogP contribution is -2.03. The summed E-state index contributed by atoms with van der Waals surface area (Å²) in [5.74, 6) is -0.157. The largest absolute Gasteiger partial charge is 0.488 e. The molecule has 4 heteroatoms. The number of carboxylic acids is 1. The number of allylic oxidation sites excluding steroid dienone is 2. The Morgan fingerprint density at radius 2 is 1.80 bits per heavy atom. The molecule has 0 bridgehead atoms. The smallest absolute Gasteiger partial charge is 0.354 e. The van der Waals surface area contributed by atoms with Gasteiger partial charge in [-0.25, -0.2) is 9.78 Å². The van der Waals surface area contributed by atoms with Crippen LogP contribution >= 0.6 is 0 Å². The number of ether oxygens (including phenoxy) is 1. The molecule has 2 aromatic carbocycles. The van der Waals surface area contributed by atoms with E-state index in [1.54, 1.807) is 6.07 Å². The maximum Gasteiger partial charge on any atom is 0.354 e. The highest BCUT2D eigenvalue weighted by molar-refractivity contribution is 5.94. The molecule has 152 valence electrons. The van der Waals surface area contributed by atoms with E-state index in [0.29, 0.717) is 6.61 Å². The third-order valence-corrected chi connectivity index (χ3v) is 5.59. The first-order valence-electron chi connectivity index (χ1n) is 10.2. The molecule has 1 aromatic heterocycles. The number of aromatic carboxylic acids is 1. The second kappa shape index (κ2) is 8.54. The number of pyridine rings is 1. The van der Waals surface area contributed by atoms with Crippen molar-refractivity contribution in [1.29, 1.82) is 0 Å². The van der Waals surface area contributed by atoms with Gasteiger partial charge in [0.1, 0.15) is 18.1 Å². The Balaban J connectivity index is 1.67. The van der Waals surface area contributed by atoms with Gasteiger partial charge in [-0.3, -0.25) is 0 Å². The molecule has 0 atom stereocenters. The van der Waals surface area contributed by atoms with Crippen LogP contribution in [0.1, 0.15) is 57.7 Å². The summed E-state index contributed by atoms with van der Waals surface area (Å²) in [6.07, 6.45) is 2.84. The Bertz CT molecular complexity index is 1130. The van der Waals surface area contributed by atoms with E-state index in [1.165, 1.54) is 28.3 Å². The van der Waals surface area contributed by atoms with Crippen molar-refractivity contribution in [3.63, 3.8) is 0 Å². The Morgan fingerprint density at radius 1 is 1.00 bits per heavy atom. The van der Waals surface area contributed by atoms with E-state index in [1.807, 2.05) is 24.3 Å². The predicted molar refractivity (Wildman–Crippen MR) is 119 cm³/mol. The first-order valence-corrected chi connectivity index (χ1v) is 10.2. The van der Waals surface area contributed by atoms with Crippen LogP contribution in [0.25, 0.3) is 11.1 Å². The highest BCUT2D eigenvalue weighted by Crippen LogP contribution is 2.42. The van der Waals surface area contributed by atoms with Crippen molar-refractivity contribution in [2.75, 3.05) is 0 Å². The van der Waals surface area contributed by atoms with E-state index in [9.17, 15) is 9.90 Å². The fraction of sp³-hybridized carbons (Fsp3) is 0.231. The topological polar surface area (TPSA) is 59.4 Å². The summed E-state index contributed by atoms with van der Waals surface area (Å²) in [6.45, 7) is 4.71. The molecular formula is C26H25NO3. The molecule has 0 saturated heterocycles. The maximum atomic E-state index is 11.3. The average Bonchev–Trinajstić information content (AvgIpc) is 3.23. The quantitative estimate of drug-likeness (QED) is 0.546. The van der Waals surface area contributed by atoms with Gasteiger partial charge < -0.3 is 9.84 Å². The Morgan fingerprint density at radius 3 is 2.60 bits per heavy atom. The van der Waals surface area contributed by atoms with E-state index in [4.69, 9.17) is 4.74 Å². The van der Waals surface area contributed by atoms with Crippen molar-refractivity contribution < 1.29 is 14.6 Å². The number of para-hydroxylation sites is 1. The third-order valence-electron chi connectivity index (χ3n) is 5.59. The van der Waals surface area contributed by atoms with Crippen LogP contribution in [0.4, 0.5) is 0 Å². The van der Waals surface area contributed by atoms with Gasteiger partial charge in [0, 0.05) is 5.56 Å². The molecule has 1 heterocycles. The monoisotopic (exact) mass is 399 g/mol. The SMILES string of the molecule is Cc1ccc(COc2ccccc2C2=C(c3cccc(C(=O)O)n3)CCC2)c(C)c1. The van der Waals surface area contributed by atoms with Crippen molar-refractivity contribution in [3.8, 4) is 5.75 Å². The minimum Gasteiger partial charge on any atom is -0.488 e. The summed E-state index contributed by atoms with van der Waals surface area (Å²) in [6, 6.07) is 19.7. The van der Waals surface area contributed by atoms with E-state index in [-0.39, 0.29) is 5.69 Å². The van der Waals surface area contributed by atoms with Crippen molar-refractivity contribution in [1.82, 2.24) is 4.98 Å². The van der Waals surface area contributed by atoms with Gasteiger partial charge in [0.05, 0.1) is 5.69 Å². The number of nitrogens with zero attached hydrogens (tertiary/aromatic N) is 1. The van der Waals surface area contributed by atoms with Gasteiger partial charge in [-0.1, -0.05) is 48.0 Å². The van der Waals surface area contributed by atoms with Crippen LogP contribution in [0.2, 0.25) is 0 Å². The van der Waals surface area contributed by atoms with Gasteiger partial charge >= 0.3 is 5.97 Å². The zero-order valence-electron chi connectivity index (χ0n) is 17.3. The van der Waals surface area contributed by atoms with Gasteiger partial charge in [0.2, 0.25) is 0 Å². The molecule has 4 nitrogen and oxygen atoms in total. The van der Waals surface area contributed by atoms with Gasteiger partial charge in [-0.15, -0.1) is 0 Å². The first kappa shape index (κ1) is 19.9. The van der Waals surface area contributed by atoms with E-state index >= 15 is 0 Å². The summed E-state index contributed by atoms with van der Waals surface area (Å²) in [4.78, 5) is 15.7. The molecular weight excluding hydrogens is 374 g/mol. The minimum absolute atomic E-state index is 0.0747. The van der Waals surface area contributed by atoms with Crippen molar-refractivity contribution >= 4 is 17.1 Å². The summed E-state index contributed by atoms with van der Waals surface area (Å²) in [5.41, 5.74) is 7.83. The molecule has 30 heavy (non-hydrogen) atoms. The van der Waals surface area contributed by atoms with Crippen LogP contribution in [0.15, 0.2) is 60.7 Å². The molecule has 0 saturated carbocycles.